The molecule has 3 heteroatoms. The minimum atomic E-state index is -0.213. The molecule has 15 heavy (non-hydrogen) atoms. The smallest absolute Gasteiger partial charge is 0.127 e. The van der Waals surface area contributed by atoms with Gasteiger partial charge in [0.1, 0.15) is 5.82 Å². The van der Waals surface area contributed by atoms with Gasteiger partial charge in [-0.3, -0.25) is 0 Å². The van der Waals surface area contributed by atoms with Crippen LogP contribution in [0.3, 0.4) is 0 Å². The fourth-order valence-electron chi connectivity index (χ4n) is 2.13. The Morgan fingerprint density at radius 1 is 1.33 bits per heavy atom. The third-order valence-corrected chi connectivity index (χ3v) is 2.99. The average molecular weight is 208 g/mol. The lowest BCUT2D eigenvalue weighted by Crippen LogP contribution is -2.15. The SMILES string of the molecule is NCc1cc(NC2CCCC2)ccc1F. The Morgan fingerprint density at radius 3 is 2.73 bits per heavy atom. The van der Waals surface area contributed by atoms with Gasteiger partial charge in [0.15, 0.2) is 0 Å². The summed E-state index contributed by atoms with van der Waals surface area (Å²) in [7, 11) is 0. The van der Waals surface area contributed by atoms with Gasteiger partial charge in [0.2, 0.25) is 0 Å². The van der Waals surface area contributed by atoms with Crippen LogP contribution >= 0.6 is 0 Å². The van der Waals surface area contributed by atoms with E-state index in [1.54, 1.807) is 6.07 Å². The van der Waals surface area contributed by atoms with Crippen molar-refractivity contribution in [3.05, 3.63) is 29.6 Å². The molecule has 0 radical (unpaired) electrons. The molecule has 1 aliphatic rings. The van der Waals surface area contributed by atoms with Crippen LogP contribution in [-0.4, -0.2) is 6.04 Å². The summed E-state index contributed by atoms with van der Waals surface area (Å²) in [4.78, 5) is 0. The van der Waals surface area contributed by atoms with Gasteiger partial charge in [0, 0.05) is 23.8 Å². The van der Waals surface area contributed by atoms with Crippen LogP contribution in [0.15, 0.2) is 18.2 Å². The molecule has 0 unspecified atom stereocenters. The molecule has 3 N–H and O–H groups in total. The van der Waals surface area contributed by atoms with E-state index in [1.165, 1.54) is 31.7 Å². The molecule has 0 bridgehead atoms. The molecule has 1 saturated carbocycles. The number of rotatable bonds is 3. The van der Waals surface area contributed by atoms with Gasteiger partial charge in [-0.25, -0.2) is 4.39 Å². The van der Waals surface area contributed by atoms with Gasteiger partial charge in [-0.1, -0.05) is 12.8 Å². The molecule has 0 heterocycles. The third-order valence-electron chi connectivity index (χ3n) is 2.99. The van der Waals surface area contributed by atoms with E-state index in [-0.39, 0.29) is 12.4 Å². The molecule has 0 spiro atoms. The van der Waals surface area contributed by atoms with Crippen LogP contribution in [0.5, 0.6) is 0 Å². The van der Waals surface area contributed by atoms with Crippen molar-refractivity contribution >= 4 is 5.69 Å². The maximum Gasteiger partial charge on any atom is 0.127 e. The summed E-state index contributed by atoms with van der Waals surface area (Å²) in [5.41, 5.74) is 7.03. The number of hydrogen-bond donors (Lipinski definition) is 2. The zero-order chi connectivity index (χ0) is 10.7. The maximum absolute atomic E-state index is 13.2. The van der Waals surface area contributed by atoms with Crippen molar-refractivity contribution in [2.75, 3.05) is 5.32 Å². The minimum Gasteiger partial charge on any atom is -0.382 e. The van der Waals surface area contributed by atoms with Crippen LogP contribution in [0.2, 0.25) is 0 Å². The van der Waals surface area contributed by atoms with Gasteiger partial charge in [0.05, 0.1) is 0 Å². The second-order valence-electron chi connectivity index (χ2n) is 4.14. The van der Waals surface area contributed by atoms with Crippen LogP contribution in [0, 0.1) is 5.82 Å². The van der Waals surface area contributed by atoms with E-state index in [0.29, 0.717) is 11.6 Å². The Balaban J connectivity index is 2.07. The second kappa shape index (κ2) is 4.62. The van der Waals surface area contributed by atoms with Crippen LogP contribution < -0.4 is 11.1 Å². The van der Waals surface area contributed by atoms with Crippen molar-refractivity contribution in [1.82, 2.24) is 0 Å². The first kappa shape index (κ1) is 10.4. The first-order valence-corrected chi connectivity index (χ1v) is 5.54. The molecule has 0 atom stereocenters. The highest BCUT2D eigenvalue weighted by molar-refractivity contribution is 5.47. The molecule has 1 aromatic carbocycles. The zero-order valence-electron chi connectivity index (χ0n) is 8.80. The Labute approximate surface area is 89.7 Å². The molecule has 1 aliphatic carbocycles. The summed E-state index contributed by atoms with van der Waals surface area (Å²) < 4.78 is 13.2. The summed E-state index contributed by atoms with van der Waals surface area (Å²) in [6, 6.07) is 5.64. The van der Waals surface area contributed by atoms with Gasteiger partial charge in [-0.2, -0.15) is 0 Å². The number of nitrogens with two attached hydrogens (primary N) is 1. The lowest BCUT2D eigenvalue weighted by atomic mass is 10.1. The van der Waals surface area contributed by atoms with E-state index in [2.05, 4.69) is 5.32 Å². The number of anilines is 1. The van der Waals surface area contributed by atoms with Crippen LogP contribution in [0.4, 0.5) is 10.1 Å². The van der Waals surface area contributed by atoms with E-state index in [9.17, 15) is 4.39 Å². The summed E-state index contributed by atoms with van der Waals surface area (Å²) in [5, 5.41) is 3.42. The van der Waals surface area contributed by atoms with Gasteiger partial charge in [0.25, 0.3) is 0 Å². The van der Waals surface area contributed by atoms with E-state index >= 15 is 0 Å². The Kier molecular flexibility index (Phi) is 3.21. The van der Waals surface area contributed by atoms with E-state index in [0.717, 1.165) is 5.69 Å². The molecular formula is C12H17FN2. The zero-order valence-corrected chi connectivity index (χ0v) is 8.80. The number of benzene rings is 1. The van der Waals surface area contributed by atoms with Crippen molar-refractivity contribution in [2.45, 2.75) is 38.3 Å². The van der Waals surface area contributed by atoms with Crippen molar-refractivity contribution in [1.29, 1.82) is 0 Å². The maximum atomic E-state index is 13.2. The van der Waals surface area contributed by atoms with Gasteiger partial charge >= 0.3 is 0 Å². The fourth-order valence-corrected chi connectivity index (χ4v) is 2.13. The van der Waals surface area contributed by atoms with Gasteiger partial charge in [-0.15, -0.1) is 0 Å². The molecular weight excluding hydrogens is 191 g/mol. The number of nitrogens with one attached hydrogen (secondary N) is 1. The Morgan fingerprint density at radius 2 is 2.07 bits per heavy atom. The number of hydrogen-bond acceptors (Lipinski definition) is 2. The third kappa shape index (κ3) is 2.48. The number of halogens is 1. The topological polar surface area (TPSA) is 38.0 Å². The fraction of sp³-hybridized carbons (Fsp3) is 0.500. The quantitative estimate of drug-likeness (QED) is 0.801. The highest BCUT2D eigenvalue weighted by Crippen LogP contribution is 2.23. The summed E-state index contributed by atoms with van der Waals surface area (Å²) >= 11 is 0. The van der Waals surface area contributed by atoms with Gasteiger partial charge in [-0.05, 0) is 31.0 Å². The molecule has 82 valence electrons. The average Bonchev–Trinajstić information content (AvgIpc) is 2.73. The molecule has 1 aromatic rings. The summed E-state index contributed by atoms with van der Waals surface area (Å²) in [5.74, 6) is -0.213. The normalized spacial score (nSPS) is 16.9. The standard InChI is InChI=1S/C12H17FN2/c13-12-6-5-11(7-9(12)8-14)15-10-3-1-2-4-10/h5-7,10,15H,1-4,8,14H2. The molecule has 2 rings (SSSR count). The van der Waals surface area contributed by atoms with Gasteiger partial charge < -0.3 is 11.1 Å². The summed E-state index contributed by atoms with van der Waals surface area (Å²) in [6.45, 7) is 0.256. The lowest BCUT2D eigenvalue weighted by molar-refractivity contribution is 0.610. The van der Waals surface area contributed by atoms with Crippen LogP contribution in [0.1, 0.15) is 31.2 Å². The Bertz CT molecular complexity index is 332. The molecule has 2 nitrogen and oxygen atoms in total. The van der Waals surface area contributed by atoms with Crippen molar-refractivity contribution in [3.63, 3.8) is 0 Å². The second-order valence-corrected chi connectivity index (χ2v) is 4.14. The highest BCUT2D eigenvalue weighted by Gasteiger charge is 2.14. The molecule has 0 aromatic heterocycles. The predicted molar refractivity (Wildman–Crippen MR) is 60.2 cm³/mol. The first-order valence-electron chi connectivity index (χ1n) is 5.54. The van der Waals surface area contributed by atoms with Crippen molar-refractivity contribution in [3.8, 4) is 0 Å². The Hall–Kier alpha value is -1.09. The molecule has 0 saturated heterocycles. The van der Waals surface area contributed by atoms with E-state index < -0.39 is 0 Å². The molecule has 1 fully saturated rings. The lowest BCUT2D eigenvalue weighted by Gasteiger charge is -2.14. The van der Waals surface area contributed by atoms with Crippen LogP contribution in [0.25, 0.3) is 0 Å². The summed E-state index contributed by atoms with van der Waals surface area (Å²) in [6.07, 6.45) is 5.02. The van der Waals surface area contributed by atoms with E-state index in [4.69, 9.17) is 5.73 Å². The minimum absolute atomic E-state index is 0.213. The van der Waals surface area contributed by atoms with Crippen LogP contribution in [-0.2, 0) is 6.54 Å². The largest absolute Gasteiger partial charge is 0.382 e. The molecule has 0 amide bonds. The first-order chi connectivity index (χ1) is 7.29. The molecule has 0 aliphatic heterocycles. The van der Waals surface area contributed by atoms with E-state index in [1.807, 2.05) is 6.07 Å². The predicted octanol–water partition coefficient (Wildman–Crippen LogP) is 2.64. The monoisotopic (exact) mass is 208 g/mol. The highest BCUT2D eigenvalue weighted by atomic mass is 19.1. The van der Waals surface area contributed by atoms with Crippen molar-refractivity contribution < 1.29 is 4.39 Å². The van der Waals surface area contributed by atoms with Crippen molar-refractivity contribution in [2.24, 2.45) is 5.73 Å².